The van der Waals surface area contributed by atoms with Gasteiger partial charge in [-0.25, -0.2) is 0 Å². The lowest BCUT2D eigenvalue weighted by Crippen LogP contribution is -2.24. The van der Waals surface area contributed by atoms with E-state index < -0.39 is 5.92 Å². The molecule has 1 aliphatic rings. The largest absolute Gasteiger partial charge is 0.465 e. The van der Waals surface area contributed by atoms with Crippen molar-refractivity contribution in [3.8, 4) is 0 Å². The molecule has 0 N–H and O–H groups in total. The number of rotatable bonds is 6. The van der Waals surface area contributed by atoms with Crippen LogP contribution in [0.15, 0.2) is 23.8 Å². The van der Waals surface area contributed by atoms with E-state index in [1.165, 1.54) is 12.5 Å². The van der Waals surface area contributed by atoms with Crippen molar-refractivity contribution in [1.82, 2.24) is 0 Å². The zero-order valence-corrected chi connectivity index (χ0v) is 11.4. The quantitative estimate of drug-likeness (QED) is 0.537. The normalized spacial score (nSPS) is 20.2. The summed E-state index contributed by atoms with van der Waals surface area (Å²) in [4.78, 5) is 23.1. The molecule has 18 heavy (non-hydrogen) atoms. The maximum Gasteiger partial charge on any atom is 0.316 e. The standard InChI is InChI=1S/C15H22O3/c1-4-18-15(17)14(12(3)16)10-9-13-8-6-5-7-11(13)2/h5-6,8,11,14H,4,7,9-10H2,1-3H3. The fraction of sp³-hybridized carbons (Fsp3) is 0.600. The molecule has 0 aliphatic heterocycles. The van der Waals surface area contributed by atoms with Crippen LogP contribution in [0.5, 0.6) is 0 Å². The Balaban J connectivity index is 2.57. The highest BCUT2D eigenvalue weighted by atomic mass is 16.5. The minimum atomic E-state index is -0.607. The van der Waals surface area contributed by atoms with Gasteiger partial charge in [0.2, 0.25) is 0 Å². The summed E-state index contributed by atoms with van der Waals surface area (Å²) in [6.07, 6.45) is 8.66. The first-order valence-electron chi connectivity index (χ1n) is 6.59. The molecule has 0 saturated carbocycles. The molecule has 3 nitrogen and oxygen atoms in total. The number of esters is 1. The predicted octanol–water partition coefficient (Wildman–Crippen LogP) is 3.06. The number of ketones is 1. The third-order valence-electron chi connectivity index (χ3n) is 3.35. The van der Waals surface area contributed by atoms with E-state index in [4.69, 9.17) is 4.74 Å². The third kappa shape index (κ3) is 4.13. The fourth-order valence-corrected chi connectivity index (χ4v) is 2.16. The number of Topliss-reactive ketones (excluding diaryl/α,β-unsaturated/α-hetero) is 1. The second-order valence-corrected chi connectivity index (χ2v) is 4.76. The molecule has 0 bridgehead atoms. The summed E-state index contributed by atoms with van der Waals surface area (Å²) in [5.74, 6) is -0.591. The van der Waals surface area contributed by atoms with Gasteiger partial charge in [0.05, 0.1) is 6.61 Å². The van der Waals surface area contributed by atoms with Gasteiger partial charge < -0.3 is 4.74 Å². The minimum absolute atomic E-state index is 0.104. The first-order chi connectivity index (χ1) is 8.56. The van der Waals surface area contributed by atoms with Gasteiger partial charge in [-0.3, -0.25) is 9.59 Å². The van der Waals surface area contributed by atoms with Crippen molar-refractivity contribution in [1.29, 1.82) is 0 Å². The first-order valence-corrected chi connectivity index (χ1v) is 6.59. The number of carbonyl (C=O) groups is 2. The zero-order chi connectivity index (χ0) is 13.5. The second kappa shape index (κ2) is 7.14. The Morgan fingerprint density at radius 2 is 2.22 bits per heavy atom. The Bertz CT molecular complexity index is 366. The molecule has 0 amide bonds. The van der Waals surface area contributed by atoms with Crippen molar-refractivity contribution < 1.29 is 14.3 Å². The molecule has 2 unspecified atom stereocenters. The maximum atomic E-state index is 11.7. The van der Waals surface area contributed by atoms with Crippen LogP contribution in [0.3, 0.4) is 0 Å². The van der Waals surface area contributed by atoms with E-state index in [1.807, 2.05) is 6.08 Å². The van der Waals surface area contributed by atoms with E-state index in [0.717, 1.165) is 12.8 Å². The van der Waals surface area contributed by atoms with E-state index in [9.17, 15) is 9.59 Å². The summed E-state index contributed by atoms with van der Waals surface area (Å²) >= 11 is 0. The Hall–Kier alpha value is -1.38. The van der Waals surface area contributed by atoms with Crippen molar-refractivity contribution in [2.45, 2.75) is 40.0 Å². The van der Waals surface area contributed by atoms with Crippen molar-refractivity contribution in [2.24, 2.45) is 11.8 Å². The number of hydrogen-bond donors (Lipinski definition) is 0. The van der Waals surface area contributed by atoms with Gasteiger partial charge in [-0.1, -0.05) is 30.7 Å². The van der Waals surface area contributed by atoms with E-state index in [0.29, 0.717) is 18.9 Å². The SMILES string of the molecule is CCOC(=O)C(CCC1=CC=CCC1C)C(C)=O. The minimum Gasteiger partial charge on any atom is -0.465 e. The molecular weight excluding hydrogens is 228 g/mol. The van der Waals surface area contributed by atoms with Crippen LogP contribution in [0.1, 0.15) is 40.0 Å². The summed E-state index contributed by atoms with van der Waals surface area (Å²) in [5, 5.41) is 0. The molecule has 2 atom stereocenters. The molecule has 1 aliphatic carbocycles. The molecule has 0 heterocycles. The molecule has 0 aromatic carbocycles. The second-order valence-electron chi connectivity index (χ2n) is 4.76. The monoisotopic (exact) mass is 250 g/mol. The van der Waals surface area contributed by atoms with Crippen LogP contribution < -0.4 is 0 Å². The lowest BCUT2D eigenvalue weighted by atomic mass is 9.87. The highest BCUT2D eigenvalue weighted by Crippen LogP contribution is 2.26. The molecule has 100 valence electrons. The van der Waals surface area contributed by atoms with Gasteiger partial charge in [-0.05, 0) is 39.0 Å². The lowest BCUT2D eigenvalue weighted by Gasteiger charge is -2.19. The van der Waals surface area contributed by atoms with E-state index in [-0.39, 0.29) is 11.8 Å². The lowest BCUT2D eigenvalue weighted by molar-refractivity contribution is -0.151. The van der Waals surface area contributed by atoms with Crippen LogP contribution >= 0.6 is 0 Å². The number of carbonyl (C=O) groups excluding carboxylic acids is 2. The topological polar surface area (TPSA) is 43.4 Å². The van der Waals surface area contributed by atoms with E-state index >= 15 is 0 Å². The average molecular weight is 250 g/mol. The molecule has 0 aromatic heterocycles. The van der Waals surface area contributed by atoms with Gasteiger partial charge >= 0.3 is 5.97 Å². The molecule has 0 saturated heterocycles. The predicted molar refractivity (Wildman–Crippen MR) is 71.0 cm³/mol. The number of hydrogen-bond acceptors (Lipinski definition) is 3. The Kier molecular flexibility index (Phi) is 5.83. The van der Waals surface area contributed by atoms with Gasteiger partial charge in [0.25, 0.3) is 0 Å². The summed E-state index contributed by atoms with van der Waals surface area (Å²) in [7, 11) is 0. The van der Waals surface area contributed by atoms with E-state index in [2.05, 4.69) is 19.1 Å². The number of allylic oxidation sites excluding steroid dienone is 4. The summed E-state index contributed by atoms with van der Waals surface area (Å²) in [6.45, 7) is 5.71. The summed E-state index contributed by atoms with van der Waals surface area (Å²) < 4.78 is 4.94. The first kappa shape index (κ1) is 14.7. The van der Waals surface area contributed by atoms with Gasteiger partial charge in [0.1, 0.15) is 11.7 Å². The molecule has 0 fully saturated rings. The summed E-state index contributed by atoms with van der Waals surface area (Å²) in [6, 6.07) is 0. The molecule has 1 rings (SSSR count). The van der Waals surface area contributed by atoms with Gasteiger partial charge in [0.15, 0.2) is 0 Å². The Morgan fingerprint density at radius 1 is 1.50 bits per heavy atom. The van der Waals surface area contributed by atoms with Crippen LogP contribution in [0.2, 0.25) is 0 Å². The fourth-order valence-electron chi connectivity index (χ4n) is 2.16. The van der Waals surface area contributed by atoms with E-state index in [1.54, 1.807) is 6.92 Å². The average Bonchev–Trinajstić information content (AvgIpc) is 2.31. The van der Waals surface area contributed by atoms with Gasteiger partial charge in [0, 0.05) is 0 Å². The third-order valence-corrected chi connectivity index (χ3v) is 3.35. The van der Waals surface area contributed by atoms with Crippen LogP contribution in [0.25, 0.3) is 0 Å². The van der Waals surface area contributed by atoms with Gasteiger partial charge in [-0.15, -0.1) is 0 Å². The smallest absolute Gasteiger partial charge is 0.316 e. The van der Waals surface area contributed by atoms with Crippen LogP contribution in [-0.4, -0.2) is 18.4 Å². The van der Waals surface area contributed by atoms with Gasteiger partial charge in [-0.2, -0.15) is 0 Å². The molecule has 0 spiro atoms. The Morgan fingerprint density at radius 3 is 2.78 bits per heavy atom. The molecule has 3 heteroatoms. The van der Waals surface area contributed by atoms with Crippen LogP contribution in [-0.2, 0) is 14.3 Å². The summed E-state index contributed by atoms with van der Waals surface area (Å²) in [5.41, 5.74) is 1.31. The Labute approximate surface area is 109 Å². The van der Waals surface area contributed by atoms with Crippen LogP contribution in [0, 0.1) is 11.8 Å². The molecule has 0 radical (unpaired) electrons. The zero-order valence-electron chi connectivity index (χ0n) is 11.4. The number of ether oxygens (including phenoxy) is 1. The molecule has 0 aromatic rings. The molecular formula is C15H22O3. The van der Waals surface area contributed by atoms with Crippen molar-refractivity contribution in [3.05, 3.63) is 23.8 Å². The highest BCUT2D eigenvalue weighted by Gasteiger charge is 2.25. The maximum absolute atomic E-state index is 11.7. The van der Waals surface area contributed by atoms with Crippen molar-refractivity contribution in [3.63, 3.8) is 0 Å². The van der Waals surface area contributed by atoms with Crippen LogP contribution in [0.4, 0.5) is 0 Å². The highest BCUT2D eigenvalue weighted by molar-refractivity contribution is 5.97. The van der Waals surface area contributed by atoms with Crippen molar-refractivity contribution in [2.75, 3.05) is 6.61 Å². The van der Waals surface area contributed by atoms with Crippen molar-refractivity contribution >= 4 is 11.8 Å².